The quantitative estimate of drug-likeness (QED) is 0.703. The van der Waals surface area contributed by atoms with Crippen molar-refractivity contribution in [3.63, 3.8) is 0 Å². The second-order valence-corrected chi connectivity index (χ2v) is 4.27. The zero-order valence-electron chi connectivity index (χ0n) is 10.3. The summed E-state index contributed by atoms with van der Waals surface area (Å²) in [6.45, 7) is 4.31. The van der Waals surface area contributed by atoms with Crippen molar-refractivity contribution in [1.29, 1.82) is 0 Å². The molecule has 0 saturated heterocycles. The lowest BCUT2D eigenvalue weighted by Crippen LogP contribution is -2.11. The first kappa shape index (κ1) is 12.9. The highest BCUT2D eigenvalue weighted by Crippen LogP contribution is 2.18. The number of ether oxygens (including phenoxy) is 1. The molecule has 0 spiro atoms. The van der Waals surface area contributed by atoms with Gasteiger partial charge >= 0.3 is 0 Å². The Kier molecular flexibility index (Phi) is 5.76. The molecule has 0 amide bonds. The minimum atomic E-state index is 0.251. The Morgan fingerprint density at radius 1 is 1.12 bits per heavy atom. The highest BCUT2D eigenvalue weighted by Gasteiger charge is 2.03. The Morgan fingerprint density at radius 2 is 1.81 bits per heavy atom. The van der Waals surface area contributed by atoms with Gasteiger partial charge in [0.25, 0.3) is 0 Å². The third kappa shape index (κ3) is 5.06. The molecule has 0 aliphatic rings. The normalized spacial score (nSPS) is 12.4. The Balaban J connectivity index is 2.23. The molecule has 0 fully saturated rings. The van der Waals surface area contributed by atoms with Crippen LogP contribution in [-0.4, -0.2) is 11.2 Å². The van der Waals surface area contributed by atoms with E-state index < -0.39 is 0 Å². The molecule has 90 valence electrons. The van der Waals surface area contributed by atoms with Crippen LogP contribution in [0, 0.1) is 0 Å². The van der Waals surface area contributed by atoms with Gasteiger partial charge in [-0.3, -0.25) is 0 Å². The van der Waals surface area contributed by atoms with Crippen LogP contribution in [0.4, 0.5) is 0 Å². The molecular formula is C14H22O2. The summed E-state index contributed by atoms with van der Waals surface area (Å²) in [5.74, 6) is 1.11. The van der Waals surface area contributed by atoms with Gasteiger partial charge < -0.3 is 9.84 Å². The first-order valence-corrected chi connectivity index (χ1v) is 6.18. The molecule has 0 aromatic heterocycles. The molecule has 0 radical (unpaired) electrons. The number of phenolic OH excluding ortho intramolecular Hbond substituents is 1. The molecule has 1 aromatic carbocycles. The average Bonchev–Trinajstić information content (AvgIpc) is 2.28. The van der Waals surface area contributed by atoms with Crippen LogP contribution in [0.1, 0.15) is 46.0 Å². The lowest BCUT2D eigenvalue weighted by molar-refractivity contribution is 0.206. The molecule has 16 heavy (non-hydrogen) atoms. The molecule has 1 N–H and O–H groups in total. The van der Waals surface area contributed by atoms with Crippen LogP contribution in [0.25, 0.3) is 0 Å². The molecule has 1 rings (SSSR count). The van der Waals surface area contributed by atoms with Crippen LogP contribution >= 0.6 is 0 Å². The van der Waals surface area contributed by atoms with E-state index in [0.717, 1.165) is 12.2 Å². The summed E-state index contributed by atoms with van der Waals surface area (Å²) in [6, 6.07) is 6.91. The van der Waals surface area contributed by atoms with Crippen molar-refractivity contribution in [2.24, 2.45) is 0 Å². The third-order valence-electron chi connectivity index (χ3n) is 2.64. The van der Waals surface area contributed by atoms with Gasteiger partial charge in [-0.15, -0.1) is 0 Å². The minimum absolute atomic E-state index is 0.251. The monoisotopic (exact) mass is 222 g/mol. The lowest BCUT2D eigenvalue weighted by Gasteiger charge is -2.14. The summed E-state index contributed by atoms with van der Waals surface area (Å²) in [7, 11) is 0. The van der Waals surface area contributed by atoms with Gasteiger partial charge in [-0.2, -0.15) is 0 Å². The predicted molar refractivity (Wildman–Crippen MR) is 67.0 cm³/mol. The second-order valence-electron chi connectivity index (χ2n) is 4.27. The molecule has 0 aliphatic carbocycles. The van der Waals surface area contributed by atoms with Crippen LogP contribution in [0.15, 0.2) is 24.3 Å². The van der Waals surface area contributed by atoms with Crippen LogP contribution in [0.3, 0.4) is 0 Å². The van der Waals surface area contributed by atoms with Gasteiger partial charge in [-0.1, -0.05) is 26.2 Å². The van der Waals surface area contributed by atoms with Crippen molar-refractivity contribution in [2.75, 3.05) is 0 Å². The zero-order chi connectivity index (χ0) is 11.8. The summed E-state index contributed by atoms with van der Waals surface area (Å²) in [4.78, 5) is 0. The Hall–Kier alpha value is -1.18. The van der Waals surface area contributed by atoms with E-state index in [1.807, 2.05) is 0 Å². The molecule has 1 aromatic rings. The maximum Gasteiger partial charge on any atom is 0.119 e. The van der Waals surface area contributed by atoms with E-state index in [-0.39, 0.29) is 11.9 Å². The zero-order valence-corrected chi connectivity index (χ0v) is 10.3. The van der Waals surface area contributed by atoms with E-state index in [1.165, 1.54) is 25.7 Å². The van der Waals surface area contributed by atoms with E-state index in [0.29, 0.717) is 0 Å². The number of hydrogen-bond acceptors (Lipinski definition) is 2. The van der Waals surface area contributed by atoms with Gasteiger partial charge in [0.05, 0.1) is 6.10 Å². The van der Waals surface area contributed by atoms with Crippen molar-refractivity contribution in [1.82, 2.24) is 0 Å². The highest BCUT2D eigenvalue weighted by atomic mass is 16.5. The van der Waals surface area contributed by atoms with Crippen LogP contribution in [0.2, 0.25) is 0 Å². The van der Waals surface area contributed by atoms with E-state index in [1.54, 1.807) is 24.3 Å². The second kappa shape index (κ2) is 7.15. The largest absolute Gasteiger partial charge is 0.508 e. The summed E-state index contributed by atoms with van der Waals surface area (Å²) in [6.07, 6.45) is 6.45. The van der Waals surface area contributed by atoms with Crippen molar-refractivity contribution < 1.29 is 9.84 Å². The molecule has 0 unspecified atom stereocenters. The number of benzene rings is 1. The standard InChI is InChI=1S/C14H22O2/c1-3-4-5-6-7-12(2)16-14-10-8-13(15)9-11-14/h8-12,15H,3-7H2,1-2H3/t12-/m1/s1. The highest BCUT2D eigenvalue weighted by molar-refractivity contribution is 5.30. The number of rotatable bonds is 7. The maximum atomic E-state index is 9.14. The predicted octanol–water partition coefficient (Wildman–Crippen LogP) is 4.13. The van der Waals surface area contributed by atoms with Crippen molar-refractivity contribution >= 4 is 0 Å². The van der Waals surface area contributed by atoms with Crippen molar-refractivity contribution in [2.45, 2.75) is 52.1 Å². The molecule has 0 heterocycles. The number of aromatic hydroxyl groups is 1. The smallest absolute Gasteiger partial charge is 0.119 e. The summed E-state index contributed by atoms with van der Waals surface area (Å²) in [5, 5.41) is 9.14. The SMILES string of the molecule is CCCCCC[C@@H](C)Oc1ccc(O)cc1. The van der Waals surface area contributed by atoms with Gasteiger partial charge in [0.15, 0.2) is 0 Å². The van der Waals surface area contributed by atoms with Gasteiger partial charge in [-0.25, -0.2) is 0 Å². The van der Waals surface area contributed by atoms with E-state index >= 15 is 0 Å². The van der Waals surface area contributed by atoms with Crippen LogP contribution < -0.4 is 4.74 Å². The molecule has 0 bridgehead atoms. The fourth-order valence-corrected chi connectivity index (χ4v) is 1.67. The first-order valence-electron chi connectivity index (χ1n) is 6.18. The molecule has 0 aliphatic heterocycles. The molecule has 2 nitrogen and oxygen atoms in total. The topological polar surface area (TPSA) is 29.5 Å². The fraction of sp³-hybridized carbons (Fsp3) is 0.571. The summed E-state index contributed by atoms with van der Waals surface area (Å²) >= 11 is 0. The number of phenols is 1. The molecule has 2 heteroatoms. The summed E-state index contributed by atoms with van der Waals surface area (Å²) < 4.78 is 5.74. The number of unbranched alkanes of at least 4 members (excludes halogenated alkanes) is 3. The van der Waals surface area contributed by atoms with Crippen LogP contribution in [-0.2, 0) is 0 Å². The van der Waals surface area contributed by atoms with Crippen LogP contribution in [0.5, 0.6) is 11.5 Å². The Labute approximate surface area is 98.3 Å². The fourth-order valence-electron chi connectivity index (χ4n) is 1.67. The van der Waals surface area contributed by atoms with Gasteiger partial charge in [0.2, 0.25) is 0 Å². The van der Waals surface area contributed by atoms with Crippen molar-refractivity contribution in [3.8, 4) is 11.5 Å². The molecular weight excluding hydrogens is 200 g/mol. The number of hydrogen-bond donors (Lipinski definition) is 1. The Bertz CT molecular complexity index is 279. The average molecular weight is 222 g/mol. The summed E-state index contributed by atoms with van der Waals surface area (Å²) in [5.41, 5.74) is 0. The molecule has 0 saturated carbocycles. The van der Waals surface area contributed by atoms with Gasteiger partial charge in [0.1, 0.15) is 11.5 Å². The first-order chi connectivity index (χ1) is 7.72. The lowest BCUT2D eigenvalue weighted by atomic mass is 10.1. The minimum Gasteiger partial charge on any atom is -0.508 e. The third-order valence-corrected chi connectivity index (χ3v) is 2.64. The van der Waals surface area contributed by atoms with E-state index in [2.05, 4.69) is 13.8 Å². The van der Waals surface area contributed by atoms with E-state index in [4.69, 9.17) is 9.84 Å². The van der Waals surface area contributed by atoms with Crippen molar-refractivity contribution in [3.05, 3.63) is 24.3 Å². The Morgan fingerprint density at radius 3 is 2.44 bits per heavy atom. The molecule has 1 atom stereocenters. The maximum absolute atomic E-state index is 9.14. The van der Waals surface area contributed by atoms with Gasteiger partial charge in [0, 0.05) is 0 Å². The van der Waals surface area contributed by atoms with E-state index in [9.17, 15) is 0 Å². The van der Waals surface area contributed by atoms with Gasteiger partial charge in [-0.05, 0) is 44.0 Å².